The normalized spacial score (nSPS) is 19.2. The minimum absolute atomic E-state index is 0.0174. The Bertz CT molecular complexity index is 641. The van der Waals surface area contributed by atoms with Gasteiger partial charge in [-0.25, -0.2) is 13.4 Å². The third kappa shape index (κ3) is 5.31. The van der Waals surface area contributed by atoms with E-state index in [4.69, 9.17) is 4.42 Å². The molecule has 1 saturated heterocycles. The van der Waals surface area contributed by atoms with E-state index in [9.17, 15) is 13.2 Å². The average molecular weight is 343 g/mol. The number of amides is 1. The largest absolute Gasteiger partial charge is 0.444 e. The predicted octanol–water partition coefficient (Wildman–Crippen LogP) is 0.704. The highest BCUT2D eigenvalue weighted by atomic mass is 32.2. The van der Waals surface area contributed by atoms with E-state index in [1.807, 2.05) is 6.92 Å². The van der Waals surface area contributed by atoms with Crippen LogP contribution in [0.2, 0.25) is 0 Å². The summed E-state index contributed by atoms with van der Waals surface area (Å²) in [7, 11) is -2.96. The van der Waals surface area contributed by atoms with E-state index in [-0.39, 0.29) is 17.7 Å². The second kappa shape index (κ2) is 7.44. The number of oxazole rings is 1. The van der Waals surface area contributed by atoms with Crippen LogP contribution in [-0.2, 0) is 27.6 Å². The zero-order valence-electron chi connectivity index (χ0n) is 14.0. The number of sulfone groups is 1. The molecule has 0 aromatic carbocycles. The summed E-state index contributed by atoms with van der Waals surface area (Å²) in [6.45, 7) is 5.90. The van der Waals surface area contributed by atoms with Gasteiger partial charge in [0.2, 0.25) is 11.8 Å². The van der Waals surface area contributed by atoms with Crippen molar-refractivity contribution in [2.24, 2.45) is 0 Å². The molecule has 1 aromatic heterocycles. The lowest BCUT2D eigenvalue weighted by Crippen LogP contribution is -2.40. The number of aryl methyl sites for hydroxylation is 1. The fourth-order valence-electron chi connectivity index (χ4n) is 2.79. The van der Waals surface area contributed by atoms with Crippen molar-refractivity contribution in [2.75, 3.05) is 31.6 Å². The first-order chi connectivity index (χ1) is 10.8. The number of carbonyl (C=O) groups excluding carboxylic acids is 1. The van der Waals surface area contributed by atoms with E-state index in [0.717, 1.165) is 25.1 Å². The molecule has 23 heavy (non-hydrogen) atoms. The van der Waals surface area contributed by atoms with Crippen LogP contribution in [-0.4, -0.2) is 66.8 Å². The summed E-state index contributed by atoms with van der Waals surface area (Å²) in [5.74, 6) is 1.49. The monoisotopic (exact) mass is 343 g/mol. The first-order valence-electron chi connectivity index (χ1n) is 7.89. The van der Waals surface area contributed by atoms with Crippen LogP contribution in [0.3, 0.4) is 0 Å². The molecule has 7 nitrogen and oxygen atoms in total. The standard InChI is InChI=1S/C15H25N3O4S/c1-4-14-9-16-15(22-14)11-18(12(2)19)13-5-6-17(10-13)7-8-23(3,20)21/h9,13H,4-8,10-11H2,1-3H3/t13-/m0/s1. The third-order valence-electron chi connectivity index (χ3n) is 4.13. The number of hydrogen-bond acceptors (Lipinski definition) is 6. The van der Waals surface area contributed by atoms with E-state index < -0.39 is 9.84 Å². The zero-order valence-corrected chi connectivity index (χ0v) is 14.8. The van der Waals surface area contributed by atoms with Gasteiger partial charge in [-0.3, -0.25) is 4.79 Å². The van der Waals surface area contributed by atoms with Gasteiger partial charge in [-0.15, -0.1) is 0 Å². The van der Waals surface area contributed by atoms with Gasteiger partial charge in [0.1, 0.15) is 15.6 Å². The van der Waals surface area contributed by atoms with Crippen LogP contribution in [0.5, 0.6) is 0 Å². The Morgan fingerprint density at radius 3 is 2.83 bits per heavy atom. The van der Waals surface area contributed by atoms with Crippen LogP contribution in [0.4, 0.5) is 0 Å². The van der Waals surface area contributed by atoms with Crippen LogP contribution < -0.4 is 0 Å². The molecule has 1 aliphatic heterocycles. The van der Waals surface area contributed by atoms with Gasteiger partial charge >= 0.3 is 0 Å². The summed E-state index contributed by atoms with van der Waals surface area (Å²) in [6.07, 6.45) is 4.55. The van der Waals surface area contributed by atoms with Crippen LogP contribution in [0.15, 0.2) is 10.6 Å². The number of aromatic nitrogens is 1. The highest BCUT2D eigenvalue weighted by Gasteiger charge is 2.30. The van der Waals surface area contributed by atoms with Crippen molar-refractivity contribution in [3.05, 3.63) is 17.8 Å². The number of likely N-dealkylation sites (tertiary alicyclic amines) is 1. The molecule has 130 valence electrons. The fourth-order valence-corrected chi connectivity index (χ4v) is 3.38. The molecule has 1 aliphatic rings. The van der Waals surface area contributed by atoms with Crippen LogP contribution in [0, 0.1) is 0 Å². The van der Waals surface area contributed by atoms with E-state index in [2.05, 4.69) is 9.88 Å². The Balaban J connectivity index is 1.95. The summed E-state index contributed by atoms with van der Waals surface area (Å²) < 4.78 is 28.1. The average Bonchev–Trinajstić information content (AvgIpc) is 3.10. The quantitative estimate of drug-likeness (QED) is 0.725. The molecule has 0 spiro atoms. The van der Waals surface area contributed by atoms with E-state index in [1.165, 1.54) is 6.26 Å². The Hall–Kier alpha value is -1.41. The molecule has 2 rings (SSSR count). The minimum Gasteiger partial charge on any atom is -0.444 e. The lowest BCUT2D eigenvalue weighted by molar-refractivity contribution is -0.132. The molecule has 1 aromatic rings. The van der Waals surface area contributed by atoms with Gasteiger partial charge in [0.25, 0.3) is 0 Å². The third-order valence-corrected chi connectivity index (χ3v) is 5.05. The van der Waals surface area contributed by atoms with Crippen LogP contribution in [0.1, 0.15) is 31.9 Å². The van der Waals surface area contributed by atoms with E-state index in [1.54, 1.807) is 18.0 Å². The minimum atomic E-state index is -2.96. The lowest BCUT2D eigenvalue weighted by atomic mass is 10.2. The Kier molecular flexibility index (Phi) is 5.80. The number of carbonyl (C=O) groups is 1. The molecule has 1 atom stereocenters. The molecule has 8 heteroatoms. The number of rotatable bonds is 7. The van der Waals surface area contributed by atoms with Gasteiger partial charge in [0.15, 0.2) is 0 Å². The van der Waals surface area contributed by atoms with Crippen molar-refractivity contribution in [1.82, 2.24) is 14.8 Å². The molecule has 0 unspecified atom stereocenters. The molecule has 0 radical (unpaired) electrons. The molecule has 0 N–H and O–H groups in total. The molecule has 1 amide bonds. The Labute approximate surface area is 137 Å². The Morgan fingerprint density at radius 2 is 2.26 bits per heavy atom. The van der Waals surface area contributed by atoms with Crippen molar-refractivity contribution in [1.29, 1.82) is 0 Å². The van der Waals surface area contributed by atoms with Gasteiger partial charge in [0, 0.05) is 45.3 Å². The van der Waals surface area contributed by atoms with Crippen molar-refractivity contribution < 1.29 is 17.6 Å². The highest BCUT2D eigenvalue weighted by Crippen LogP contribution is 2.19. The predicted molar refractivity (Wildman–Crippen MR) is 86.7 cm³/mol. The second-order valence-electron chi connectivity index (χ2n) is 6.09. The number of hydrogen-bond donors (Lipinski definition) is 0. The maximum absolute atomic E-state index is 12.0. The molecule has 1 fully saturated rings. The van der Waals surface area contributed by atoms with Crippen molar-refractivity contribution >= 4 is 15.7 Å². The molecular formula is C15H25N3O4S. The van der Waals surface area contributed by atoms with E-state index in [0.29, 0.717) is 25.5 Å². The van der Waals surface area contributed by atoms with Crippen molar-refractivity contribution in [3.8, 4) is 0 Å². The molecule has 0 saturated carbocycles. The first-order valence-corrected chi connectivity index (χ1v) is 9.95. The summed E-state index contributed by atoms with van der Waals surface area (Å²) >= 11 is 0. The number of nitrogens with zero attached hydrogens (tertiary/aromatic N) is 3. The molecule has 2 heterocycles. The SMILES string of the molecule is CCc1cnc(CN(C(C)=O)[C@H]2CCN(CCS(C)(=O)=O)C2)o1. The maximum atomic E-state index is 12.0. The van der Waals surface area contributed by atoms with Gasteiger partial charge in [-0.2, -0.15) is 0 Å². The second-order valence-corrected chi connectivity index (χ2v) is 8.35. The molecule has 0 aliphatic carbocycles. The fraction of sp³-hybridized carbons (Fsp3) is 0.733. The zero-order chi connectivity index (χ0) is 17.0. The summed E-state index contributed by atoms with van der Waals surface area (Å²) in [5.41, 5.74) is 0. The molecule has 0 bridgehead atoms. The molecular weight excluding hydrogens is 318 g/mol. The van der Waals surface area contributed by atoms with Gasteiger partial charge in [0.05, 0.1) is 18.5 Å². The first kappa shape index (κ1) is 17.9. The summed E-state index contributed by atoms with van der Waals surface area (Å²) in [6, 6.07) is 0.0732. The van der Waals surface area contributed by atoms with Gasteiger partial charge in [-0.05, 0) is 6.42 Å². The topological polar surface area (TPSA) is 83.7 Å². The summed E-state index contributed by atoms with van der Waals surface area (Å²) in [5, 5.41) is 0. The van der Waals surface area contributed by atoms with Gasteiger partial charge < -0.3 is 14.2 Å². The van der Waals surface area contributed by atoms with Gasteiger partial charge in [-0.1, -0.05) is 6.92 Å². The smallest absolute Gasteiger partial charge is 0.220 e. The van der Waals surface area contributed by atoms with Crippen molar-refractivity contribution in [3.63, 3.8) is 0 Å². The van der Waals surface area contributed by atoms with Crippen LogP contribution in [0.25, 0.3) is 0 Å². The summed E-state index contributed by atoms with van der Waals surface area (Å²) in [4.78, 5) is 20.1. The highest BCUT2D eigenvalue weighted by molar-refractivity contribution is 7.90. The Morgan fingerprint density at radius 1 is 1.52 bits per heavy atom. The lowest BCUT2D eigenvalue weighted by Gasteiger charge is -2.27. The van der Waals surface area contributed by atoms with Crippen molar-refractivity contribution in [2.45, 2.75) is 39.3 Å². The van der Waals surface area contributed by atoms with E-state index >= 15 is 0 Å². The maximum Gasteiger partial charge on any atom is 0.220 e. The van der Waals surface area contributed by atoms with Crippen LogP contribution >= 0.6 is 0 Å².